The van der Waals surface area contributed by atoms with Crippen LogP contribution in [0.5, 0.6) is 0 Å². The summed E-state index contributed by atoms with van der Waals surface area (Å²) in [6, 6.07) is 42.0. The van der Waals surface area contributed by atoms with Crippen molar-refractivity contribution in [3.05, 3.63) is 190 Å². The Morgan fingerprint density at radius 3 is 0.690 bits per heavy atom. The Balaban J connectivity index is 1.14. The first-order chi connectivity index (χ1) is 54.0. The van der Waals surface area contributed by atoms with E-state index in [1.807, 2.05) is 48.5 Å². The van der Waals surface area contributed by atoms with E-state index >= 15 is 33.7 Å². The molecule has 0 atom stereocenters. The van der Waals surface area contributed by atoms with Gasteiger partial charge in [-0.3, -0.25) is 0 Å². The minimum Gasteiger partial charge on any atom is -0.324 e. The minimum atomic E-state index is -4.33. The van der Waals surface area contributed by atoms with Crippen LogP contribution in [0.25, 0.3) is 89.7 Å². The number of aromatic amines is 2. The molecule has 0 fully saturated rings. The zero-order chi connectivity index (χ0) is 84.8. The molecule has 20 heteroatoms. The molecule has 0 spiro atoms. The molecule has 5 heterocycles. The number of rotatable bonds is 24. The largest absolute Gasteiger partial charge is 0.324 e. The SMILES string of the molecule is CCC(C)(C)c1ccc(S(=O)(=O)c2ccc3c(c2)-c2nc-3nc3[nH]c(nc4nc(nc5[nH]c(n2)c2ccc(S(=O)(=O)c6ccc(C(C)(C)CC)cc6C(C)(C)CC)cc52)-c2ccc(S(=O)(=O)c5ccc(C(C)(C)CC)cc5C(C)(C)CC)cc2-4)c2ccc(S(=O)(=O)c4ccc(C(C)(C)CC)cc4C(C)(C)CC)cc32)c(C(C)(C)CC)c1. The number of hydrogen-bond acceptors (Lipinski definition) is 14. The van der Waals surface area contributed by atoms with Crippen LogP contribution in [0, 0.1) is 0 Å². The molecule has 11 aromatic rings. The first kappa shape index (κ1) is 84.8. The van der Waals surface area contributed by atoms with E-state index in [1.165, 1.54) is 0 Å². The second-order valence-corrected chi connectivity index (χ2v) is 44.9. The van der Waals surface area contributed by atoms with E-state index in [9.17, 15) is 0 Å². The lowest BCUT2D eigenvalue weighted by Gasteiger charge is -2.30. The van der Waals surface area contributed by atoms with E-state index in [2.05, 4.69) is 176 Å². The summed E-state index contributed by atoms with van der Waals surface area (Å²) in [7, 11) is -17.3. The minimum absolute atomic E-state index is 0.0228. The summed E-state index contributed by atoms with van der Waals surface area (Å²) in [5, 5.41) is 1.48. The normalized spacial score (nSPS) is 13.7. The average molecular weight is 1640 g/mol. The number of fused-ring (bicyclic) bond motifs is 20. The second kappa shape index (κ2) is 29.5. The third-order valence-electron chi connectivity index (χ3n) is 27.1. The van der Waals surface area contributed by atoms with E-state index < -0.39 is 61.0 Å². The second-order valence-electron chi connectivity index (χ2n) is 37.2. The molecule has 0 radical (unpaired) electrons. The van der Waals surface area contributed by atoms with Crippen molar-refractivity contribution in [2.75, 3.05) is 0 Å². The van der Waals surface area contributed by atoms with Gasteiger partial charge in [-0.2, -0.15) is 0 Å². The van der Waals surface area contributed by atoms with Crippen LogP contribution in [0.1, 0.15) is 262 Å². The molecule has 16 nitrogen and oxygen atoms in total. The highest BCUT2D eigenvalue weighted by Gasteiger charge is 2.39. The standard InChI is InChI=1S/C96H114N8O8S4/c1-25-89(9,10)57-33-45-77(73(49-57)93(17,18)29-5)113(105,106)61-37-41-65-69(53-61)85-97-81(65)102-86-71-55-63(115(109,110)79-47-35-59(91(13,14)27-3)51-75(79)95(21,22)31-7)39-43-67(71)83(99-86)104-88-72-56-64(116(111,112)80-48-36-60(92(15,16)28-4)52-76(80)96(23,24)32-8)40-44-68(72)84(100-88)103-87-70-54-62(38-42-66(70)82(98-87)101-85)114(107,108)78-46-34-58(90(11,12)26-2)50-74(78)94(19,20)30-6/h33-56H,25-32H2,1-24H3,(H2,97,98,99,100,101,102,103,104). The fourth-order valence-electron chi connectivity index (χ4n) is 15.3. The molecule has 13 rings (SSSR count). The van der Waals surface area contributed by atoms with Gasteiger partial charge < -0.3 is 9.97 Å². The highest BCUT2D eigenvalue weighted by molar-refractivity contribution is 7.92. The van der Waals surface area contributed by atoms with Crippen LogP contribution in [0.15, 0.2) is 185 Å². The van der Waals surface area contributed by atoms with Gasteiger partial charge in [0.15, 0.2) is 23.3 Å². The van der Waals surface area contributed by atoms with E-state index in [-0.39, 0.29) is 107 Å². The Morgan fingerprint density at radius 2 is 0.448 bits per heavy atom. The molecule has 0 aliphatic carbocycles. The highest BCUT2D eigenvalue weighted by Crippen LogP contribution is 2.48. The van der Waals surface area contributed by atoms with Gasteiger partial charge in [0.2, 0.25) is 39.3 Å². The Kier molecular flexibility index (Phi) is 21.5. The summed E-state index contributed by atoms with van der Waals surface area (Å²) in [6.45, 7) is 50.4. The van der Waals surface area contributed by atoms with Crippen molar-refractivity contribution in [1.29, 1.82) is 0 Å². The van der Waals surface area contributed by atoms with Gasteiger partial charge in [0.1, 0.15) is 22.6 Å². The molecule has 8 aromatic carbocycles. The first-order valence-corrected chi connectivity index (χ1v) is 47.0. The molecule has 116 heavy (non-hydrogen) atoms. The van der Waals surface area contributed by atoms with Gasteiger partial charge in [0.25, 0.3) is 0 Å². The molecule has 0 saturated heterocycles. The average Bonchev–Trinajstić information content (AvgIpc) is 1.70. The summed E-state index contributed by atoms with van der Waals surface area (Å²) in [6.07, 6.45) is 5.89. The van der Waals surface area contributed by atoms with Crippen molar-refractivity contribution in [3.63, 3.8) is 0 Å². The van der Waals surface area contributed by atoms with Crippen molar-refractivity contribution >= 4 is 83.5 Å². The lowest BCUT2D eigenvalue weighted by molar-refractivity contribution is 0.479. The van der Waals surface area contributed by atoms with Crippen molar-refractivity contribution in [2.45, 2.75) is 300 Å². The molecule has 8 bridgehead atoms. The van der Waals surface area contributed by atoms with Gasteiger partial charge in [-0.05, 0) is 236 Å². The Bertz CT molecular complexity index is 6150. The highest BCUT2D eigenvalue weighted by atomic mass is 32.2. The lowest BCUT2D eigenvalue weighted by Crippen LogP contribution is -2.23. The van der Waals surface area contributed by atoms with Crippen LogP contribution in [0.4, 0.5) is 0 Å². The van der Waals surface area contributed by atoms with E-state index in [4.69, 9.17) is 29.9 Å². The molecule has 2 aliphatic rings. The van der Waals surface area contributed by atoms with E-state index in [1.54, 1.807) is 97.1 Å². The third kappa shape index (κ3) is 14.6. The predicted molar refractivity (Wildman–Crippen MR) is 470 cm³/mol. The summed E-state index contributed by atoms with van der Waals surface area (Å²) in [4.78, 5) is 39.3. The number of nitrogens with zero attached hydrogens (tertiary/aromatic N) is 6. The number of benzene rings is 8. The van der Waals surface area contributed by atoms with Gasteiger partial charge in [0, 0.05) is 43.8 Å². The van der Waals surface area contributed by atoms with Crippen molar-refractivity contribution in [2.24, 2.45) is 0 Å². The topological polar surface area (TPSA) is 245 Å². The van der Waals surface area contributed by atoms with E-state index in [0.29, 0.717) is 91.7 Å². The van der Waals surface area contributed by atoms with Gasteiger partial charge in [0.05, 0.1) is 39.2 Å². The molecule has 2 N–H and O–H groups in total. The maximum atomic E-state index is 15.8. The number of nitrogens with one attached hydrogen (secondary N) is 2. The first-order valence-electron chi connectivity index (χ1n) is 41.0. The van der Waals surface area contributed by atoms with Crippen LogP contribution in [-0.2, 0) is 82.7 Å². The lowest BCUT2D eigenvalue weighted by atomic mass is 9.76. The third-order valence-corrected chi connectivity index (χ3v) is 34.4. The predicted octanol–water partition coefficient (Wildman–Crippen LogP) is 23.7. The zero-order valence-electron chi connectivity index (χ0n) is 72.1. The molecular formula is C96H114N8O8S4. The molecule has 0 amide bonds. The molecule has 0 saturated carbocycles. The summed E-state index contributed by atoms with van der Waals surface area (Å²) < 4.78 is 126. The monoisotopic (exact) mass is 1630 g/mol. The van der Waals surface area contributed by atoms with Gasteiger partial charge in [-0.15, -0.1) is 0 Å². The quantitative estimate of drug-likeness (QED) is 0.0571. The van der Waals surface area contributed by atoms with Gasteiger partial charge >= 0.3 is 0 Å². The van der Waals surface area contributed by atoms with E-state index in [0.717, 1.165) is 47.9 Å². The van der Waals surface area contributed by atoms with Crippen LogP contribution in [0.2, 0.25) is 0 Å². The number of sulfone groups is 4. The van der Waals surface area contributed by atoms with Gasteiger partial charge in [-0.25, -0.2) is 63.6 Å². The Morgan fingerprint density at radius 1 is 0.233 bits per heavy atom. The fourth-order valence-corrected chi connectivity index (χ4v) is 21.9. The molecule has 610 valence electrons. The molecule has 3 aromatic heterocycles. The van der Waals surface area contributed by atoms with Crippen molar-refractivity contribution in [1.82, 2.24) is 39.9 Å². The number of aromatic nitrogens is 8. The fraction of sp³-hybridized carbons (Fsp3) is 0.417. The van der Waals surface area contributed by atoms with Crippen LogP contribution >= 0.6 is 0 Å². The molecule has 2 aliphatic heterocycles. The van der Waals surface area contributed by atoms with Crippen LogP contribution < -0.4 is 0 Å². The van der Waals surface area contributed by atoms with Crippen LogP contribution in [-0.4, -0.2) is 73.5 Å². The van der Waals surface area contributed by atoms with Gasteiger partial charge in [-0.1, -0.05) is 215 Å². The Labute approximate surface area is 687 Å². The number of H-pyrrole nitrogens is 2. The Hall–Kier alpha value is -9.08. The van der Waals surface area contributed by atoms with Crippen LogP contribution in [0.3, 0.4) is 0 Å². The maximum absolute atomic E-state index is 15.8. The van der Waals surface area contributed by atoms with Crippen molar-refractivity contribution in [3.8, 4) is 45.6 Å². The number of hydrogen-bond donors (Lipinski definition) is 2. The maximum Gasteiger partial charge on any atom is 0.206 e. The smallest absolute Gasteiger partial charge is 0.206 e. The molecule has 0 unspecified atom stereocenters. The summed E-state index contributed by atoms with van der Waals surface area (Å²) in [5.41, 5.74) is 5.51. The van der Waals surface area contributed by atoms with Crippen molar-refractivity contribution < 1.29 is 33.7 Å². The zero-order valence-corrected chi connectivity index (χ0v) is 75.4. The summed E-state index contributed by atoms with van der Waals surface area (Å²) in [5.74, 6) is 0.239. The molecular weight excluding hydrogens is 1520 g/mol. The summed E-state index contributed by atoms with van der Waals surface area (Å²) >= 11 is 0.